The van der Waals surface area contributed by atoms with Gasteiger partial charge in [0.1, 0.15) is 0 Å². The average molecular weight is 175 g/mol. The molecular weight excluding hydrogens is 160 g/mol. The Hall–Kier alpha value is -0.0100. The van der Waals surface area contributed by atoms with Crippen LogP contribution in [-0.2, 0) is 4.74 Å². The van der Waals surface area contributed by atoms with Gasteiger partial charge in [0, 0.05) is 5.88 Å². The molecule has 2 atom stereocenters. The summed E-state index contributed by atoms with van der Waals surface area (Å²) in [6.45, 7) is 4.52. The first kappa shape index (κ1) is 9.08. The molecule has 0 aromatic rings. The molecule has 0 aliphatic carbocycles. The zero-order valence-corrected chi connectivity index (χ0v) is 7.52. The predicted octanol–water partition coefficient (Wildman–Crippen LogP) is 2.60. The molecular formula is C9H15ClO. The Balaban J connectivity index is 2.18. The predicted molar refractivity (Wildman–Crippen MR) is 48.0 cm³/mol. The normalized spacial score (nSPS) is 31.7. The minimum Gasteiger partial charge on any atom is -0.378 e. The summed E-state index contributed by atoms with van der Waals surface area (Å²) in [6.07, 6.45) is 5.67. The van der Waals surface area contributed by atoms with Gasteiger partial charge < -0.3 is 4.74 Å². The first-order chi connectivity index (χ1) is 5.36. The molecule has 0 radical (unpaired) electrons. The van der Waals surface area contributed by atoms with Crippen LogP contribution in [0.5, 0.6) is 0 Å². The third kappa shape index (κ3) is 2.84. The van der Waals surface area contributed by atoms with Gasteiger partial charge in [0.15, 0.2) is 0 Å². The molecule has 0 bridgehead atoms. The SMILES string of the molecule is C=CC[C@H]1CC[C@@H](CCl)CO1. The van der Waals surface area contributed by atoms with Crippen LogP contribution < -0.4 is 0 Å². The van der Waals surface area contributed by atoms with Crippen LogP contribution in [0.4, 0.5) is 0 Å². The van der Waals surface area contributed by atoms with Gasteiger partial charge in [-0.05, 0) is 25.2 Å². The standard InChI is InChI=1S/C9H15ClO/c1-2-3-9-5-4-8(6-10)7-11-9/h2,8-9H,1,3-7H2/t8-,9-/m0/s1. The molecule has 0 aromatic carbocycles. The molecule has 0 saturated carbocycles. The third-order valence-electron chi connectivity index (χ3n) is 2.11. The number of alkyl halides is 1. The maximum absolute atomic E-state index is 5.70. The van der Waals surface area contributed by atoms with E-state index in [4.69, 9.17) is 16.3 Å². The fourth-order valence-corrected chi connectivity index (χ4v) is 1.60. The summed E-state index contributed by atoms with van der Waals surface area (Å²) < 4.78 is 5.57. The van der Waals surface area contributed by atoms with E-state index < -0.39 is 0 Å². The van der Waals surface area contributed by atoms with Crippen LogP contribution in [0.3, 0.4) is 0 Å². The monoisotopic (exact) mass is 174 g/mol. The second-order valence-corrected chi connectivity index (χ2v) is 3.39. The van der Waals surface area contributed by atoms with Crippen LogP contribution in [0.15, 0.2) is 12.7 Å². The van der Waals surface area contributed by atoms with Crippen molar-refractivity contribution >= 4 is 11.6 Å². The zero-order chi connectivity index (χ0) is 8.10. The van der Waals surface area contributed by atoms with E-state index in [0.717, 1.165) is 25.3 Å². The first-order valence-electron chi connectivity index (χ1n) is 4.15. The fourth-order valence-electron chi connectivity index (χ4n) is 1.35. The van der Waals surface area contributed by atoms with Crippen molar-refractivity contribution in [3.63, 3.8) is 0 Å². The average Bonchev–Trinajstić information content (AvgIpc) is 2.07. The molecule has 1 rings (SSSR count). The summed E-state index contributed by atoms with van der Waals surface area (Å²) in [7, 11) is 0. The summed E-state index contributed by atoms with van der Waals surface area (Å²) in [6, 6.07) is 0. The van der Waals surface area contributed by atoms with Gasteiger partial charge in [0.05, 0.1) is 12.7 Å². The number of ether oxygens (including phenoxy) is 1. The highest BCUT2D eigenvalue weighted by Gasteiger charge is 2.19. The van der Waals surface area contributed by atoms with Crippen LogP contribution in [0.1, 0.15) is 19.3 Å². The van der Waals surface area contributed by atoms with E-state index in [-0.39, 0.29) is 0 Å². The van der Waals surface area contributed by atoms with E-state index in [1.165, 1.54) is 6.42 Å². The summed E-state index contributed by atoms with van der Waals surface area (Å²) in [4.78, 5) is 0. The highest BCUT2D eigenvalue weighted by Crippen LogP contribution is 2.21. The molecule has 1 fully saturated rings. The van der Waals surface area contributed by atoms with Gasteiger partial charge in [-0.1, -0.05) is 6.08 Å². The molecule has 2 heteroatoms. The lowest BCUT2D eigenvalue weighted by Gasteiger charge is -2.26. The van der Waals surface area contributed by atoms with E-state index in [1.807, 2.05) is 6.08 Å². The van der Waals surface area contributed by atoms with Crippen LogP contribution in [0.25, 0.3) is 0 Å². The van der Waals surface area contributed by atoms with Gasteiger partial charge in [-0.3, -0.25) is 0 Å². The number of rotatable bonds is 3. The molecule has 1 nitrogen and oxygen atoms in total. The highest BCUT2D eigenvalue weighted by molar-refractivity contribution is 6.18. The van der Waals surface area contributed by atoms with Crippen molar-refractivity contribution in [3.8, 4) is 0 Å². The van der Waals surface area contributed by atoms with E-state index in [1.54, 1.807) is 0 Å². The topological polar surface area (TPSA) is 9.23 Å². The molecule has 0 N–H and O–H groups in total. The third-order valence-corrected chi connectivity index (χ3v) is 2.55. The molecule has 0 spiro atoms. The minimum absolute atomic E-state index is 0.409. The first-order valence-corrected chi connectivity index (χ1v) is 4.68. The van der Waals surface area contributed by atoms with Crippen molar-refractivity contribution in [2.75, 3.05) is 12.5 Å². The van der Waals surface area contributed by atoms with Crippen molar-refractivity contribution in [1.29, 1.82) is 0 Å². The van der Waals surface area contributed by atoms with Gasteiger partial charge in [-0.25, -0.2) is 0 Å². The summed E-state index contributed by atoms with van der Waals surface area (Å²) in [5, 5.41) is 0. The molecule has 11 heavy (non-hydrogen) atoms. The Labute approximate surface area is 73.4 Å². The molecule has 1 heterocycles. The van der Waals surface area contributed by atoms with E-state index in [0.29, 0.717) is 12.0 Å². The Morgan fingerprint density at radius 3 is 2.82 bits per heavy atom. The Kier molecular flexibility index (Phi) is 3.95. The lowest BCUT2D eigenvalue weighted by molar-refractivity contribution is -0.00771. The van der Waals surface area contributed by atoms with Crippen LogP contribution >= 0.6 is 11.6 Å². The van der Waals surface area contributed by atoms with Crippen LogP contribution in [-0.4, -0.2) is 18.6 Å². The fraction of sp³-hybridized carbons (Fsp3) is 0.778. The lowest BCUT2D eigenvalue weighted by Crippen LogP contribution is -2.26. The zero-order valence-electron chi connectivity index (χ0n) is 6.76. The van der Waals surface area contributed by atoms with Gasteiger partial charge in [0.2, 0.25) is 0 Å². The van der Waals surface area contributed by atoms with Crippen molar-refractivity contribution < 1.29 is 4.74 Å². The molecule has 1 saturated heterocycles. The van der Waals surface area contributed by atoms with Crippen molar-refractivity contribution in [2.45, 2.75) is 25.4 Å². The molecule has 1 aliphatic rings. The molecule has 0 aromatic heterocycles. The van der Waals surface area contributed by atoms with E-state index >= 15 is 0 Å². The van der Waals surface area contributed by atoms with Crippen molar-refractivity contribution in [3.05, 3.63) is 12.7 Å². The molecule has 0 amide bonds. The largest absolute Gasteiger partial charge is 0.378 e. The molecule has 64 valence electrons. The van der Waals surface area contributed by atoms with Crippen molar-refractivity contribution in [2.24, 2.45) is 5.92 Å². The maximum atomic E-state index is 5.70. The quantitative estimate of drug-likeness (QED) is 0.472. The maximum Gasteiger partial charge on any atom is 0.0609 e. The van der Waals surface area contributed by atoms with E-state index in [9.17, 15) is 0 Å². The number of halogens is 1. The van der Waals surface area contributed by atoms with Gasteiger partial charge in [-0.2, -0.15) is 0 Å². The second-order valence-electron chi connectivity index (χ2n) is 3.08. The Morgan fingerprint density at radius 2 is 2.36 bits per heavy atom. The second kappa shape index (κ2) is 4.78. The highest BCUT2D eigenvalue weighted by atomic mass is 35.5. The van der Waals surface area contributed by atoms with Gasteiger partial charge in [0.25, 0.3) is 0 Å². The summed E-state index contributed by atoms with van der Waals surface area (Å²) >= 11 is 5.70. The molecule has 1 aliphatic heterocycles. The minimum atomic E-state index is 0.409. The summed E-state index contributed by atoms with van der Waals surface area (Å²) in [5.41, 5.74) is 0. The van der Waals surface area contributed by atoms with E-state index in [2.05, 4.69) is 6.58 Å². The molecule has 0 unspecified atom stereocenters. The van der Waals surface area contributed by atoms with Gasteiger partial charge in [-0.15, -0.1) is 18.2 Å². The van der Waals surface area contributed by atoms with Crippen molar-refractivity contribution in [1.82, 2.24) is 0 Å². The van der Waals surface area contributed by atoms with Crippen LogP contribution in [0.2, 0.25) is 0 Å². The Bertz CT molecular complexity index is 117. The number of hydrogen-bond donors (Lipinski definition) is 0. The summed E-state index contributed by atoms with van der Waals surface area (Å²) in [5.74, 6) is 1.32. The lowest BCUT2D eigenvalue weighted by atomic mass is 9.99. The smallest absolute Gasteiger partial charge is 0.0609 e. The number of hydrogen-bond acceptors (Lipinski definition) is 1. The van der Waals surface area contributed by atoms with Gasteiger partial charge >= 0.3 is 0 Å². The van der Waals surface area contributed by atoms with Crippen LogP contribution in [0, 0.1) is 5.92 Å². The Morgan fingerprint density at radius 1 is 1.55 bits per heavy atom.